The Morgan fingerprint density at radius 1 is 1.29 bits per heavy atom. The number of hydrogen-bond acceptors (Lipinski definition) is 2. The molecular weight excluding hydrogens is 302 g/mol. The Hall–Kier alpha value is -0.680. The van der Waals surface area contributed by atoms with E-state index in [1.165, 1.54) is 0 Å². The second-order valence-electron chi connectivity index (χ2n) is 3.49. The van der Waals surface area contributed by atoms with Crippen molar-refractivity contribution in [2.75, 3.05) is 18.8 Å². The molecule has 0 radical (unpaired) electrons. The molecule has 1 atom stereocenters. The molecule has 0 saturated carbocycles. The largest absolute Gasteiger partial charge is 0.342 e. The summed E-state index contributed by atoms with van der Waals surface area (Å²) in [6.07, 6.45) is 0. The first-order chi connectivity index (χ1) is 8.10. The third-order valence-corrected chi connectivity index (χ3v) is 4.76. The highest BCUT2D eigenvalue weighted by Crippen LogP contribution is 2.19. The van der Waals surface area contributed by atoms with Crippen molar-refractivity contribution < 1.29 is 9.00 Å². The van der Waals surface area contributed by atoms with Crippen molar-refractivity contribution in [3.05, 3.63) is 28.7 Å². The molecule has 0 aliphatic carbocycles. The maximum absolute atomic E-state index is 12.0. The van der Waals surface area contributed by atoms with Crippen LogP contribution in [-0.2, 0) is 15.6 Å². The molecule has 94 valence electrons. The summed E-state index contributed by atoms with van der Waals surface area (Å²) < 4.78 is 12.8. The molecule has 1 aromatic carbocycles. The zero-order valence-electron chi connectivity index (χ0n) is 9.98. The van der Waals surface area contributed by atoms with Crippen LogP contribution in [-0.4, -0.2) is 33.9 Å². The number of amides is 1. The van der Waals surface area contributed by atoms with E-state index in [1.54, 1.807) is 11.0 Å². The van der Waals surface area contributed by atoms with Crippen LogP contribution >= 0.6 is 15.9 Å². The number of nitrogens with zero attached hydrogens (tertiary/aromatic N) is 1. The molecule has 0 aliphatic heterocycles. The van der Waals surface area contributed by atoms with Gasteiger partial charge in [0, 0.05) is 17.6 Å². The lowest BCUT2D eigenvalue weighted by atomic mass is 10.4. The second kappa shape index (κ2) is 6.91. The number of carbonyl (C=O) groups excluding carboxylic acids is 1. The van der Waals surface area contributed by atoms with Gasteiger partial charge in [-0.05, 0) is 41.9 Å². The Bertz CT molecular complexity index is 419. The lowest BCUT2D eigenvalue weighted by molar-refractivity contribution is -0.128. The summed E-state index contributed by atoms with van der Waals surface area (Å²) in [7, 11) is -1.29. The van der Waals surface area contributed by atoms with Gasteiger partial charge in [-0.15, -0.1) is 0 Å². The van der Waals surface area contributed by atoms with Crippen LogP contribution in [0.15, 0.2) is 33.6 Å². The van der Waals surface area contributed by atoms with Gasteiger partial charge in [0.25, 0.3) is 0 Å². The molecule has 0 saturated heterocycles. The SMILES string of the molecule is CCN(CC)C(=O)CS(=O)c1ccccc1Br. The van der Waals surface area contributed by atoms with Crippen molar-refractivity contribution in [3.63, 3.8) is 0 Å². The second-order valence-corrected chi connectivity index (χ2v) is 5.76. The fourth-order valence-corrected chi connectivity index (χ4v) is 3.39. The predicted molar refractivity (Wildman–Crippen MR) is 73.3 cm³/mol. The zero-order valence-corrected chi connectivity index (χ0v) is 12.4. The average molecular weight is 318 g/mol. The fraction of sp³-hybridized carbons (Fsp3) is 0.417. The molecule has 1 aromatic rings. The molecule has 1 amide bonds. The summed E-state index contributed by atoms with van der Waals surface area (Å²) in [5.74, 6) is -0.0197. The molecule has 0 spiro atoms. The molecule has 0 fully saturated rings. The molecule has 3 nitrogen and oxygen atoms in total. The van der Waals surface area contributed by atoms with E-state index in [9.17, 15) is 9.00 Å². The van der Waals surface area contributed by atoms with Gasteiger partial charge < -0.3 is 4.90 Å². The highest BCUT2D eigenvalue weighted by Gasteiger charge is 2.16. The monoisotopic (exact) mass is 317 g/mol. The van der Waals surface area contributed by atoms with Crippen molar-refractivity contribution >= 4 is 32.6 Å². The summed E-state index contributed by atoms with van der Waals surface area (Å²) in [6, 6.07) is 7.28. The summed E-state index contributed by atoms with van der Waals surface area (Å²) >= 11 is 3.34. The van der Waals surface area contributed by atoms with Gasteiger partial charge in [0.1, 0.15) is 5.75 Å². The van der Waals surface area contributed by atoms with Gasteiger partial charge in [-0.25, -0.2) is 0 Å². The zero-order chi connectivity index (χ0) is 12.8. The van der Waals surface area contributed by atoms with Gasteiger partial charge in [-0.1, -0.05) is 12.1 Å². The summed E-state index contributed by atoms with van der Waals surface area (Å²) in [5, 5.41) is 0. The van der Waals surface area contributed by atoms with Gasteiger partial charge >= 0.3 is 0 Å². The first-order valence-electron chi connectivity index (χ1n) is 5.50. The molecule has 0 heterocycles. The van der Waals surface area contributed by atoms with Crippen LogP contribution in [0.3, 0.4) is 0 Å². The van der Waals surface area contributed by atoms with Crippen LogP contribution in [0.5, 0.6) is 0 Å². The van der Waals surface area contributed by atoms with Crippen molar-refractivity contribution in [3.8, 4) is 0 Å². The fourth-order valence-electron chi connectivity index (χ4n) is 1.49. The van der Waals surface area contributed by atoms with Crippen molar-refractivity contribution in [1.82, 2.24) is 4.90 Å². The lowest BCUT2D eigenvalue weighted by Gasteiger charge is -2.18. The van der Waals surface area contributed by atoms with E-state index in [0.29, 0.717) is 18.0 Å². The molecule has 0 aromatic heterocycles. The lowest BCUT2D eigenvalue weighted by Crippen LogP contribution is -2.34. The summed E-state index contributed by atoms with van der Waals surface area (Å²) in [4.78, 5) is 14.2. The number of carbonyl (C=O) groups is 1. The number of hydrogen-bond donors (Lipinski definition) is 0. The van der Waals surface area contributed by atoms with E-state index in [0.717, 1.165) is 4.47 Å². The Morgan fingerprint density at radius 3 is 2.41 bits per heavy atom. The van der Waals surface area contributed by atoms with E-state index in [-0.39, 0.29) is 11.7 Å². The van der Waals surface area contributed by atoms with Gasteiger partial charge in [0.15, 0.2) is 0 Å². The molecule has 17 heavy (non-hydrogen) atoms. The Labute approximate surface area is 113 Å². The van der Waals surface area contributed by atoms with Crippen LogP contribution < -0.4 is 0 Å². The van der Waals surface area contributed by atoms with Crippen molar-refractivity contribution in [1.29, 1.82) is 0 Å². The molecular formula is C12H16BrNO2S. The van der Waals surface area contributed by atoms with E-state index in [1.807, 2.05) is 32.0 Å². The predicted octanol–water partition coefficient (Wildman–Crippen LogP) is 2.43. The summed E-state index contributed by atoms with van der Waals surface area (Å²) in [6.45, 7) is 5.15. The standard InChI is InChI=1S/C12H16BrNO2S/c1-3-14(4-2)12(15)9-17(16)11-8-6-5-7-10(11)13/h5-8H,3-4,9H2,1-2H3. The first-order valence-corrected chi connectivity index (χ1v) is 7.62. The maximum atomic E-state index is 12.0. The molecule has 1 rings (SSSR count). The van der Waals surface area contributed by atoms with Gasteiger partial charge in [0.2, 0.25) is 5.91 Å². The Morgan fingerprint density at radius 2 is 1.88 bits per heavy atom. The third-order valence-electron chi connectivity index (χ3n) is 2.45. The number of benzene rings is 1. The van der Waals surface area contributed by atoms with E-state index in [2.05, 4.69) is 15.9 Å². The molecule has 0 bridgehead atoms. The third kappa shape index (κ3) is 3.92. The minimum absolute atomic E-state index is 0.0459. The van der Waals surface area contributed by atoms with E-state index < -0.39 is 10.8 Å². The van der Waals surface area contributed by atoms with Gasteiger partial charge in [0.05, 0.1) is 15.7 Å². The molecule has 0 aliphatic rings. The Balaban J connectivity index is 2.73. The Kier molecular flexibility index (Phi) is 5.85. The normalized spacial score (nSPS) is 12.2. The van der Waals surface area contributed by atoms with Crippen LogP contribution in [0.1, 0.15) is 13.8 Å². The van der Waals surface area contributed by atoms with Crippen molar-refractivity contribution in [2.45, 2.75) is 18.7 Å². The molecule has 1 unspecified atom stereocenters. The number of halogens is 1. The minimum atomic E-state index is -1.29. The van der Waals surface area contributed by atoms with Crippen molar-refractivity contribution in [2.24, 2.45) is 0 Å². The van der Waals surface area contributed by atoms with Crippen LogP contribution in [0, 0.1) is 0 Å². The van der Waals surface area contributed by atoms with Gasteiger partial charge in [-0.3, -0.25) is 9.00 Å². The number of rotatable bonds is 5. The quantitative estimate of drug-likeness (QED) is 0.836. The van der Waals surface area contributed by atoms with Gasteiger partial charge in [-0.2, -0.15) is 0 Å². The molecule has 0 N–H and O–H groups in total. The average Bonchev–Trinajstić information content (AvgIpc) is 2.31. The highest BCUT2D eigenvalue weighted by atomic mass is 79.9. The topological polar surface area (TPSA) is 37.4 Å². The summed E-state index contributed by atoms with van der Waals surface area (Å²) in [5.41, 5.74) is 0. The first kappa shape index (κ1) is 14.4. The smallest absolute Gasteiger partial charge is 0.235 e. The minimum Gasteiger partial charge on any atom is -0.342 e. The maximum Gasteiger partial charge on any atom is 0.235 e. The van der Waals surface area contributed by atoms with Crippen LogP contribution in [0.4, 0.5) is 0 Å². The van der Waals surface area contributed by atoms with E-state index >= 15 is 0 Å². The highest BCUT2D eigenvalue weighted by molar-refractivity contribution is 9.10. The van der Waals surface area contributed by atoms with Crippen LogP contribution in [0.25, 0.3) is 0 Å². The molecule has 5 heteroatoms. The van der Waals surface area contributed by atoms with Crippen LogP contribution in [0.2, 0.25) is 0 Å². The van der Waals surface area contributed by atoms with E-state index in [4.69, 9.17) is 0 Å².